The molecule has 4 heteroatoms. The fourth-order valence-corrected chi connectivity index (χ4v) is 14.9. The maximum Gasteiger partial charge on any atom is 0.0714 e. The molecule has 0 saturated heterocycles. The van der Waals surface area contributed by atoms with Gasteiger partial charge in [-0.1, -0.05) is 131 Å². The van der Waals surface area contributed by atoms with E-state index in [1.165, 1.54) is 129 Å². The first kappa shape index (κ1) is 38.3. The fraction of sp³-hybridized carbons (Fsp3) is 0.100. The average Bonchev–Trinajstić information content (AvgIpc) is 4.18. The van der Waals surface area contributed by atoms with Gasteiger partial charge in [0, 0.05) is 28.9 Å². The molecule has 4 heterocycles. The van der Waals surface area contributed by atoms with Gasteiger partial charge in [0.2, 0.25) is 0 Å². The van der Waals surface area contributed by atoms with Crippen LogP contribution in [0.25, 0.3) is 61.9 Å². The van der Waals surface area contributed by atoms with Gasteiger partial charge in [-0.25, -0.2) is 0 Å². The number of hydrogen-bond donors (Lipinski definition) is 0. The van der Waals surface area contributed by atoms with Gasteiger partial charge in [0.25, 0.3) is 0 Å². The van der Waals surface area contributed by atoms with Crippen molar-refractivity contribution in [2.45, 2.75) is 38.5 Å². The third kappa shape index (κ3) is 5.44. The Morgan fingerprint density at radius 2 is 0.625 bits per heavy atom. The zero-order valence-electron chi connectivity index (χ0n) is 36.0. The van der Waals surface area contributed by atoms with E-state index in [-0.39, 0.29) is 0 Å². The molecule has 7 aromatic carbocycles. The number of aryl methyl sites for hydroxylation is 4. The number of fused-ring (bicyclic) bond motifs is 8. The van der Waals surface area contributed by atoms with E-state index >= 15 is 0 Å². The van der Waals surface area contributed by atoms with Crippen molar-refractivity contribution in [2.75, 3.05) is 0 Å². The third-order valence-corrected chi connectivity index (χ3v) is 18.5. The molecule has 0 N–H and O–H groups in total. The number of benzene rings is 7. The van der Waals surface area contributed by atoms with Gasteiger partial charge in [0.05, 0.1) is 10.8 Å². The lowest BCUT2D eigenvalue weighted by Gasteiger charge is -2.36. The van der Waals surface area contributed by atoms with E-state index < -0.39 is 10.8 Å². The second-order valence-electron chi connectivity index (χ2n) is 18.0. The van der Waals surface area contributed by atoms with Gasteiger partial charge in [-0.3, -0.25) is 0 Å². The van der Waals surface area contributed by atoms with Crippen LogP contribution in [0.3, 0.4) is 0 Å². The van der Waals surface area contributed by atoms with Crippen molar-refractivity contribution >= 4 is 65.5 Å². The van der Waals surface area contributed by atoms with Crippen LogP contribution in [0.15, 0.2) is 181 Å². The molecule has 4 aromatic heterocycles. The molecule has 0 radical (unpaired) electrons. The van der Waals surface area contributed by atoms with Gasteiger partial charge in [-0.15, -0.1) is 45.3 Å². The number of thiophene rings is 4. The molecule has 0 aliphatic heterocycles. The Morgan fingerprint density at radius 1 is 0.312 bits per heavy atom. The topological polar surface area (TPSA) is 0 Å². The van der Waals surface area contributed by atoms with E-state index in [9.17, 15) is 0 Å². The minimum absolute atomic E-state index is 0.557. The zero-order valence-corrected chi connectivity index (χ0v) is 39.2. The standard InChI is InChI=1S/C60H42S4/c1-35-9-17-41(18-10-35)59(42-19-11-36(2)12-20-42)49-27-39-29-57(53-7-5-25-61-53)63-55(39)33-47(49)45-32-52-46(31-51(45)59)48-34-56-40(30-58(64-56)54-8-6-26-62-54)28-50(48)60(52,43-21-13-37(3)14-22-43)44-23-15-38(4)16-24-44/h5-34H,1-4H3. The van der Waals surface area contributed by atoms with E-state index in [1.54, 1.807) is 0 Å². The lowest BCUT2D eigenvalue weighted by atomic mass is 9.65. The summed E-state index contributed by atoms with van der Waals surface area (Å²) >= 11 is 7.48. The van der Waals surface area contributed by atoms with E-state index in [0.29, 0.717) is 0 Å². The summed E-state index contributed by atoms with van der Waals surface area (Å²) in [6.07, 6.45) is 0. The van der Waals surface area contributed by atoms with Crippen molar-refractivity contribution in [2.24, 2.45) is 0 Å². The molecule has 0 bridgehead atoms. The molecule has 0 atom stereocenters. The van der Waals surface area contributed by atoms with Gasteiger partial charge >= 0.3 is 0 Å². The Kier molecular flexibility index (Phi) is 8.49. The summed E-state index contributed by atoms with van der Waals surface area (Å²) in [5.74, 6) is 0. The summed E-state index contributed by atoms with van der Waals surface area (Å²) in [5, 5.41) is 6.98. The van der Waals surface area contributed by atoms with Crippen LogP contribution in [-0.2, 0) is 10.8 Å². The summed E-state index contributed by atoms with van der Waals surface area (Å²) in [6.45, 7) is 8.81. The Morgan fingerprint density at radius 3 is 0.938 bits per heavy atom. The van der Waals surface area contributed by atoms with Gasteiger partial charge < -0.3 is 0 Å². The molecule has 2 aliphatic carbocycles. The molecule has 0 amide bonds. The van der Waals surface area contributed by atoms with Crippen LogP contribution in [0.5, 0.6) is 0 Å². The highest BCUT2D eigenvalue weighted by molar-refractivity contribution is 7.26. The Hall–Kier alpha value is -6.14. The average molecular weight is 891 g/mol. The highest BCUT2D eigenvalue weighted by Gasteiger charge is 2.52. The third-order valence-electron chi connectivity index (χ3n) is 14.1. The van der Waals surface area contributed by atoms with Gasteiger partial charge in [-0.2, -0.15) is 0 Å². The molecule has 0 saturated carbocycles. The molecule has 306 valence electrons. The van der Waals surface area contributed by atoms with Crippen molar-refractivity contribution in [3.05, 3.63) is 247 Å². The number of rotatable bonds is 6. The second kappa shape index (κ2) is 14.2. The normalized spacial score (nSPS) is 14.2. The van der Waals surface area contributed by atoms with Crippen LogP contribution in [0.2, 0.25) is 0 Å². The monoisotopic (exact) mass is 890 g/mol. The van der Waals surface area contributed by atoms with Crippen LogP contribution in [-0.4, -0.2) is 0 Å². The van der Waals surface area contributed by atoms with Crippen molar-refractivity contribution in [1.29, 1.82) is 0 Å². The quantitative estimate of drug-likeness (QED) is 0.156. The first-order chi connectivity index (χ1) is 31.3. The summed E-state index contributed by atoms with van der Waals surface area (Å²) in [7, 11) is 0. The fourth-order valence-electron chi connectivity index (χ4n) is 11.1. The largest absolute Gasteiger partial charge is 0.143 e. The molecule has 0 nitrogen and oxygen atoms in total. The van der Waals surface area contributed by atoms with Crippen LogP contribution in [0, 0.1) is 27.7 Å². The van der Waals surface area contributed by atoms with E-state index in [2.05, 4.69) is 208 Å². The molecule has 0 unspecified atom stereocenters. The highest BCUT2D eigenvalue weighted by atomic mass is 32.1. The van der Waals surface area contributed by atoms with Gasteiger partial charge in [-0.05, 0) is 177 Å². The predicted molar refractivity (Wildman–Crippen MR) is 277 cm³/mol. The Labute approximate surface area is 390 Å². The molecule has 0 spiro atoms. The molecule has 0 fully saturated rings. The maximum atomic E-state index is 2.64. The summed E-state index contributed by atoms with van der Waals surface area (Å²) in [6, 6.07) is 66.8. The molecule has 11 aromatic rings. The smallest absolute Gasteiger partial charge is 0.0714 e. The van der Waals surface area contributed by atoms with Crippen molar-refractivity contribution < 1.29 is 0 Å². The van der Waals surface area contributed by atoms with E-state index in [1.807, 2.05) is 45.3 Å². The van der Waals surface area contributed by atoms with Crippen LogP contribution in [0.1, 0.15) is 66.8 Å². The van der Waals surface area contributed by atoms with Crippen LogP contribution >= 0.6 is 45.3 Å². The first-order valence-electron chi connectivity index (χ1n) is 22.0. The lowest BCUT2D eigenvalue weighted by molar-refractivity contribution is 0.759. The van der Waals surface area contributed by atoms with Gasteiger partial charge in [0.1, 0.15) is 0 Å². The SMILES string of the molecule is Cc1ccc(C2(c3ccc(C)cc3)c3cc4c(cc3-c3cc5sc(-c6cccs6)cc5cc32)C(c2ccc(C)cc2)(c2ccc(C)cc2)c2cc3cc(-c5cccs5)sc3cc2-4)cc1. The van der Waals surface area contributed by atoms with Gasteiger partial charge in [0.15, 0.2) is 0 Å². The maximum absolute atomic E-state index is 2.64. The second-order valence-corrected chi connectivity index (χ2v) is 22.0. The minimum Gasteiger partial charge on any atom is -0.143 e. The summed E-state index contributed by atoms with van der Waals surface area (Å²) in [5.41, 5.74) is 19.8. The molecule has 64 heavy (non-hydrogen) atoms. The summed E-state index contributed by atoms with van der Waals surface area (Å²) < 4.78 is 2.65. The van der Waals surface area contributed by atoms with Crippen molar-refractivity contribution in [3.8, 4) is 41.8 Å². The Bertz CT molecular complexity index is 3260. The van der Waals surface area contributed by atoms with E-state index in [4.69, 9.17) is 0 Å². The highest BCUT2D eigenvalue weighted by Crippen LogP contribution is 2.64. The van der Waals surface area contributed by atoms with E-state index in [0.717, 1.165) is 0 Å². The van der Waals surface area contributed by atoms with Crippen molar-refractivity contribution in [3.63, 3.8) is 0 Å². The number of hydrogen-bond acceptors (Lipinski definition) is 4. The minimum atomic E-state index is -0.557. The molecular formula is C60H42S4. The van der Waals surface area contributed by atoms with Crippen LogP contribution < -0.4 is 0 Å². The lowest BCUT2D eigenvalue weighted by Crippen LogP contribution is -2.30. The molecule has 2 aliphatic rings. The zero-order chi connectivity index (χ0) is 42.9. The molecular weight excluding hydrogens is 849 g/mol. The Balaban J connectivity index is 1.19. The predicted octanol–water partition coefficient (Wildman–Crippen LogP) is 17.5. The first-order valence-corrected chi connectivity index (χ1v) is 25.4. The van der Waals surface area contributed by atoms with Crippen molar-refractivity contribution in [1.82, 2.24) is 0 Å². The summed E-state index contributed by atoms with van der Waals surface area (Å²) in [4.78, 5) is 5.30. The molecule has 13 rings (SSSR count). The van der Waals surface area contributed by atoms with Crippen LogP contribution in [0.4, 0.5) is 0 Å².